The van der Waals surface area contributed by atoms with Crippen molar-refractivity contribution in [1.29, 1.82) is 0 Å². The lowest BCUT2D eigenvalue weighted by Crippen LogP contribution is -2.25. The fourth-order valence-electron chi connectivity index (χ4n) is 2.97. The first kappa shape index (κ1) is 15.2. The molecule has 1 aromatic heterocycles. The predicted octanol–water partition coefficient (Wildman–Crippen LogP) is 2.95. The van der Waals surface area contributed by atoms with E-state index in [4.69, 9.17) is 0 Å². The zero-order valence-electron chi connectivity index (χ0n) is 12.9. The minimum Gasteiger partial charge on any atom is -0.310 e. The van der Waals surface area contributed by atoms with E-state index >= 15 is 0 Å². The van der Waals surface area contributed by atoms with E-state index in [0.29, 0.717) is 18.5 Å². The number of aromatic nitrogens is 2. The molecule has 0 unspecified atom stereocenters. The van der Waals surface area contributed by atoms with Crippen LogP contribution in [0.15, 0.2) is 10.9 Å². The number of nitrogens with one attached hydrogen (secondary N) is 2. The lowest BCUT2D eigenvalue weighted by Gasteiger charge is -2.27. The second kappa shape index (κ2) is 7.02. The van der Waals surface area contributed by atoms with Crippen LogP contribution < -0.4 is 10.9 Å². The van der Waals surface area contributed by atoms with Crippen LogP contribution >= 0.6 is 0 Å². The number of H-pyrrole nitrogens is 1. The Labute approximate surface area is 121 Å². The van der Waals surface area contributed by atoms with E-state index in [-0.39, 0.29) is 5.56 Å². The van der Waals surface area contributed by atoms with Gasteiger partial charge in [0.25, 0.3) is 5.56 Å². The van der Waals surface area contributed by atoms with Gasteiger partial charge in [-0.2, -0.15) is 0 Å². The molecule has 4 heteroatoms. The zero-order chi connectivity index (χ0) is 14.5. The molecule has 0 aliphatic heterocycles. The highest BCUT2D eigenvalue weighted by Gasteiger charge is 2.23. The van der Waals surface area contributed by atoms with Gasteiger partial charge in [-0.15, -0.1) is 0 Å². The van der Waals surface area contributed by atoms with E-state index in [1.165, 1.54) is 19.3 Å². The molecule has 1 fully saturated rings. The zero-order valence-corrected chi connectivity index (χ0v) is 12.9. The molecule has 0 bridgehead atoms. The quantitative estimate of drug-likeness (QED) is 0.870. The highest BCUT2D eigenvalue weighted by atomic mass is 16.1. The van der Waals surface area contributed by atoms with E-state index in [1.807, 2.05) is 0 Å². The average molecular weight is 277 g/mol. The summed E-state index contributed by atoms with van der Waals surface area (Å²) in [6.07, 6.45) is 6.11. The molecular formula is C16H27N3O. The van der Waals surface area contributed by atoms with Crippen LogP contribution in [0.25, 0.3) is 0 Å². The van der Waals surface area contributed by atoms with Crippen molar-refractivity contribution in [3.05, 3.63) is 27.9 Å². The van der Waals surface area contributed by atoms with Gasteiger partial charge in [-0.25, -0.2) is 4.98 Å². The molecule has 20 heavy (non-hydrogen) atoms. The fraction of sp³-hybridized carbons (Fsp3) is 0.750. The average Bonchev–Trinajstić information content (AvgIpc) is 2.44. The summed E-state index contributed by atoms with van der Waals surface area (Å²) in [5, 5.41) is 3.32. The predicted molar refractivity (Wildman–Crippen MR) is 81.8 cm³/mol. The third-order valence-corrected chi connectivity index (χ3v) is 4.32. The smallest absolute Gasteiger partial charge is 0.251 e. The first-order valence-electron chi connectivity index (χ1n) is 7.92. The second-order valence-electron chi connectivity index (χ2n) is 6.28. The SMILES string of the molecule is CCC1CCC(c2nc(CNC(C)C)cc(=O)[nH]2)CC1. The number of hydrogen-bond acceptors (Lipinski definition) is 3. The second-order valence-corrected chi connectivity index (χ2v) is 6.28. The molecule has 1 aromatic rings. The molecule has 0 saturated heterocycles. The standard InChI is InChI=1S/C16H27N3O/c1-4-12-5-7-13(8-6-12)16-18-14(9-15(20)19-16)10-17-11(2)3/h9,11-13,17H,4-8,10H2,1-3H3,(H,18,19,20). The molecule has 0 spiro atoms. The van der Waals surface area contributed by atoms with Crippen LogP contribution in [-0.2, 0) is 6.54 Å². The number of nitrogens with zero attached hydrogens (tertiary/aromatic N) is 1. The van der Waals surface area contributed by atoms with Crippen molar-refractivity contribution in [3.8, 4) is 0 Å². The van der Waals surface area contributed by atoms with Crippen molar-refractivity contribution in [1.82, 2.24) is 15.3 Å². The Bertz CT molecular complexity index is 473. The van der Waals surface area contributed by atoms with Crippen LogP contribution in [-0.4, -0.2) is 16.0 Å². The van der Waals surface area contributed by atoms with Gasteiger partial charge in [0.2, 0.25) is 0 Å². The van der Waals surface area contributed by atoms with Crippen molar-refractivity contribution < 1.29 is 0 Å². The first-order valence-corrected chi connectivity index (χ1v) is 7.92. The molecule has 4 nitrogen and oxygen atoms in total. The minimum atomic E-state index is -0.0202. The van der Waals surface area contributed by atoms with E-state index in [1.54, 1.807) is 6.07 Å². The van der Waals surface area contributed by atoms with E-state index in [0.717, 1.165) is 30.3 Å². The van der Waals surface area contributed by atoms with E-state index in [2.05, 4.69) is 36.1 Å². The molecular weight excluding hydrogens is 250 g/mol. The molecule has 1 saturated carbocycles. The Kier molecular flexibility index (Phi) is 5.35. The molecule has 2 rings (SSSR count). The van der Waals surface area contributed by atoms with Gasteiger partial charge in [0.15, 0.2) is 0 Å². The molecule has 1 heterocycles. The van der Waals surface area contributed by atoms with Crippen LogP contribution in [0.3, 0.4) is 0 Å². The summed E-state index contributed by atoms with van der Waals surface area (Å²) in [7, 11) is 0. The number of aromatic amines is 1. The highest BCUT2D eigenvalue weighted by Crippen LogP contribution is 2.35. The van der Waals surface area contributed by atoms with Gasteiger partial charge in [-0.3, -0.25) is 4.79 Å². The van der Waals surface area contributed by atoms with E-state index in [9.17, 15) is 4.79 Å². The van der Waals surface area contributed by atoms with Crippen LogP contribution in [0, 0.1) is 5.92 Å². The lowest BCUT2D eigenvalue weighted by molar-refractivity contribution is 0.311. The van der Waals surface area contributed by atoms with Crippen LogP contribution in [0.2, 0.25) is 0 Å². The van der Waals surface area contributed by atoms with Crippen molar-refractivity contribution in [2.24, 2.45) is 5.92 Å². The number of hydrogen-bond donors (Lipinski definition) is 2. The van der Waals surface area contributed by atoms with Gasteiger partial charge in [0, 0.05) is 24.6 Å². The topological polar surface area (TPSA) is 57.8 Å². The van der Waals surface area contributed by atoms with Crippen LogP contribution in [0.5, 0.6) is 0 Å². The molecule has 112 valence electrons. The maximum atomic E-state index is 11.8. The summed E-state index contributed by atoms with van der Waals surface area (Å²) in [5.41, 5.74) is 0.836. The monoisotopic (exact) mass is 277 g/mol. The van der Waals surface area contributed by atoms with Gasteiger partial charge >= 0.3 is 0 Å². The molecule has 2 N–H and O–H groups in total. The number of rotatable bonds is 5. The van der Waals surface area contributed by atoms with Crippen LogP contribution in [0.4, 0.5) is 0 Å². The maximum absolute atomic E-state index is 11.8. The molecule has 1 aliphatic rings. The largest absolute Gasteiger partial charge is 0.310 e. The fourth-order valence-corrected chi connectivity index (χ4v) is 2.97. The molecule has 0 atom stereocenters. The summed E-state index contributed by atoms with van der Waals surface area (Å²) in [6.45, 7) is 7.13. The maximum Gasteiger partial charge on any atom is 0.251 e. The van der Waals surface area contributed by atoms with Gasteiger partial charge < -0.3 is 10.3 Å². The Morgan fingerprint density at radius 1 is 1.35 bits per heavy atom. The summed E-state index contributed by atoms with van der Waals surface area (Å²) < 4.78 is 0. The first-order chi connectivity index (χ1) is 9.58. The molecule has 1 aliphatic carbocycles. The Hall–Kier alpha value is -1.16. The van der Waals surface area contributed by atoms with Gasteiger partial charge in [-0.05, 0) is 31.6 Å². The molecule has 0 amide bonds. The van der Waals surface area contributed by atoms with Crippen molar-refractivity contribution in [2.75, 3.05) is 0 Å². The third kappa shape index (κ3) is 4.17. The summed E-state index contributed by atoms with van der Waals surface area (Å²) in [5.74, 6) is 2.20. The minimum absolute atomic E-state index is 0.0202. The lowest BCUT2D eigenvalue weighted by atomic mass is 9.80. The summed E-state index contributed by atoms with van der Waals surface area (Å²) in [4.78, 5) is 19.4. The molecule has 0 aromatic carbocycles. The van der Waals surface area contributed by atoms with Crippen molar-refractivity contribution >= 4 is 0 Å². The van der Waals surface area contributed by atoms with Gasteiger partial charge in [0.1, 0.15) is 5.82 Å². The van der Waals surface area contributed by atoms with Gasteiger partial charge in [0.05, 0.1) is 5.69 Å². The van der Waals surface area contributed by atoms with Crippen LogP contribution in [0.1, 0.15) is 70.3 Å². The molecule has 0 radical (unpaired) electrons. The highest BCUT2D eigenvalue weighted by molar-refractivity contribution is 5.07. The van der Waals surface area contributed by atoms with Crippen molar-refractivity contribution in [2.45, 2.75) is 71.4 Å². The van der Waals surface area contributed by atoms with E-state index < -0.39 is 0 Å². The Balaban J connectivity index is 2.06. The van der Waals surface area contributed by atoms with Crippen molar-refractivity contribution in [3.63, 3.8) is 0 Å². The normalized spacial score (nSPS) is 23.2. The van der Waals surface area contributed by atoms with Gasteiger partial charge in [-0.1, -0.05) is 27.2 Å². The summed E-state index contributed by atoms with van der Waals surface area (Å²) >= 11 is 0. The Morgan fingerprint density at radius 3 is 2.65 bits per heavy atom. The third-order valence-electron chi connectivity index (χ3n) is 4.32. The Morgan fingerprint density at radius 2 is 2.05 bits per heavy atom. The summed E-state index contributed by atoms with van der Waals surface area (Å²) in [6, 6.07) is 2.01.